The summed E-state index contributed by atoms with van der Waals surface area (Å²) in [7, 11) is 0. The van der Waals surface area contributed by atoms with E-state index >= 15 is 0 Å². The van der Waals surface area contributed by atoms with Crippen LogP contribution in [-0.2, 0) is 9.59 Å². The second-order valence-corrected chi connectivity index (χ2v) is 10.6. The fraction of sp³-hybridized carbons (Fsp3) is 0.333. The van der Waals surface area contributed by atoms with Crippen molar-refractivity contribution in [2.75, 3.05) is 45.8 Å². The zero-order valence-electron chi connectivity index (χ0n) is 22.6. The molecular formula is C33H35F2N3O2. The molecule has 3 aromatic carbocycles. The first-order valence-corrected chi connectivity index (χ1v) is 14.0. The van der Waals surface area contributed by atoms with E-state index < -0.39 is 11.6 Å². The van der Waals surface area contributed by atoms with E-state index in [0.717, 1.165) is 37.6 Å². The van der Waals surface area contributed by atoms with Crippen molar-refractivity contribution in [1.82, 2.24) is 14.7 Å². The second-order valence-electron chi connectivity index (χ2n) is 10.6. The van der Waals surface area contributed by atoms with Crippen LogP contribution in [0.25, 0.3) is 6.08 Å². The molecule has 1 unspecified atom stereocenters. The molecule has 2 saturated heterocycles. The fourth-order valence-electron chi connectivity index (χ4n) is 5.76. The van der Waals surface area contributed by atoms with E-state index in [1.807, 2.05) is 35.2 Å². The van der Waals surface area contributed by atoms with Gasteiger partial charge in [-0.15, -0.1) is 0 Å². The molecule has 0 radical (unpaired) electrons. The maximum atomic E-state index is 13.8. The molecule has 208 valence electrons. The number of amides is 2. The molecule has 1 atom stereocenters. The highest BCUT2D eigenvalue weighted by atomic mass is 19.1. The summed E-state index contributed by atoms with van der Waals surface area (Å²) in [5.74, 6) is -1.23. The van der Waals surface area contributed by atoms with Gasteiger partial charge in [0.25, 0.3) is 0 Å². The lowest BCUT2D eigenvalue weighted by molar-refractivity contribution is -0.138. The number of benzene rings is 3. The number of carbonyl (C=O) groups excluding carboxylic acids is 2. The van der Waals surface area contributed by atoms with Crippen LogP contribution in [-0.4, -0.2) is 72.3 Å². The summed E-state index contributed by atoms with van der Waals surface area (Å²) in [6, 6.07) is 23.8. The van der Waals surface area contributed by atoms with Crippen LogP contribution >= 0.6 is 0 Å². The van der Waals surface area contributed by atoms with Crippen molar-refractivity contribution < 1.29 is 18.4 Å². The molecule has 2 fully saturated rings. The van der Waals surface area contributed by atoms with E-state index in [1.165, 1.54) is 29.8 Å². The van der Waals surface area contributed by atoms with Gasteiger partial charge in [-0.25, -0.2) is 8.78 Å². The van der Waals surface area contributed by atoms with E-state index in [4.69, 9.17) is 0 Å². The zero-order chi connectivity index (χ0) is 27.9. The van der Waals surface area contributed by atoms with Gasteiger partial charge >= 0.3 is 0 Å². The van der Waals surface area contributed by atoms with Gasteiger partial charge in [-0.3, -0.25) is 9.59 Å². The van der Waals surface area contributed by atoms with E-state index in [2.05, 4.69) is 35.2 Å². The Morgan fingerprint density at radius 1 is 0.775 bits per heavy atom. The van der Waals surface area contributed by atoms with Crippen molar-refractivity contribution in [3.05, 3.63) is 113 Å². The number of piperidine rings is 1. The van der Waals surface area contributed by atoms with Crippen LogP contribution in [0.4, 0.5) is 8.78 Å². The minimum absolute atomic E-state index is 0.0919. The normalized spacial score (nSPS) is 17.8. The van der Waals surface area contributed by atoms with E-state index in [0.29, 0.717) is 38.6 Å². The number of hydrogen-bond acceptors (Lipinski definition) is 3. The molecule has 2 heterocycles. The van der Waals surface area contributed by atoms with Gasteiger partial charge in [0.05, 0.1) is 5.92 Å². The molecule has 0 aliphatic carbocycles. The summed E-state index contributed by atoms with van der Waals surface area (Å²) in [4.78, 5) is 32.5. The van der Waals surface area contributed by atoms with Crippen LogP contribution in [0.2, 0.25) is 0 Å². The van der Waals surface area contributed by atoms with Crippen molar-refractivity contribution in [3.63, 3.8) is 0 Å². The first kappa shape index (κ1) is 27.7. The number of hydrogen-bond donors (Lipinski definition) is 0. The minimum Gasteiger partial charge on any atom is -0.339 e. The summed E-state index contributed by atoms with van der Waals surface area (Å²) in [6.45, 7) is 4.32. The minimum atomic E-state index is -0.687. The van der Waals surface area contributed by atoms with Crippen molar-refractivity contribution >= 4 is 17.9 Å². The van der Waals surface area contributed by atoms with Crippen LogP contribution in [0, 0.1) is 11.6 Å². The van der Waals surface area contributed by atoms with Gasteiger partial charge in [-0.1, -0.05) is 60.7 Å². The molecule has 2 aliphatic heterocycles. The molecular weight excluding hydrogens is 508 g/mol. The number of likely N-dealkylation sites (tertiary alicyclic amines) is 1. The van der Waals surface area contributed by atoms with Gasteiger partial charge in [0.15, 0.2) is 0 Å². The third-order valence-corrected chi connectivity index (χ3v) is 8.01. The van der Waals surface area contributed by atoms with Crippen molar-refractivity contribution in [2.45, 2.75) is 24.7 Å². The van der Waals surface area contributed by atoms with E-state index in [-0.39, 0.29) is 23.3 Å². The highest BCUT2D eigenvalue weighted by Crippen LogP contribution is 2.30. The van der Waals surface area contributed by atoms with Gasteiger partial charge in [0.1, 0.15) is 11.6 Å². The Morgan fingerprint density at radius 2 is 1.35 bits per heavy atom. The molecule has 40 heavy (non-hydrogen) atoms. The first-order chi connectivity index (χ1) is 19.5. The summed E-state index contributed by atoms with van der Waals surface area (Å²) >= 11 is 0. The monoisotopic (exact) mass is 543 g/mol. The Hall–Kier alpha value is -3.84. The molecule has 7 heteroatoms. The summed E-state index contributed by atoms with van der Waals surface area (Å²) in [6.07, 6.45) is 4.91. The van der Waals surface area contributed by atoms with Crippen LogP contribution in [0.3, 0.4) is 0 Å². The van der Waals surface area contributed by atoms with E-state index in [9.17, 15) is 18.4 Å². The van der Waals surface area contributed by atoms with Gasteiger partial charge < -0.3 is 14.7 Å². The molecule has 3 aromatic rings. The van der Waals surface area contributed by atoms with Gasteiger partial charge in [-0.05, 0) is 66.7 Å². The van der Waals surface area contributed by atoms with Crippen molar-refractivity contribution in [1.29, 1.82) is 0 Å². The summed E-state index contributed by atoms with van der Waals surface area (Å²) in [5, 5.41) is 0. The van der Waals surface area contributed by atoms with Gasteiger partial charge in [0.2, 0.25) is 11.8 Å². The Kier molecular flexibility index (Phi) is 9.01. The molecule has 0 bridgehead atoms. The standard InChI is InChI=1S/C33H35F2N3O2/c34-29-21-25(22-30(35)23-29)11-12-32(39)37-17-19-38(20-18-37)33(40)31(28-9-5-2-6-10-28)24-36-15-13-27(14-16-36)26-7-3-1-4-8-26/h1-12,21-23,27,31H,13-20,24H2/b12-11+. The number of piperazine rings is 1. The highest BCUT2D eigenvalue weighted by Gasteiger charge is 2.32. The van der Waals surface area contributed by atoms with Gasteiger partial charge in [-0.2, -0.15) is 0 Å². The number of nitrogens with zero attached hydrogens (tertiary/aromatic N) is 3. The van der Waals surface area contributed by atoms with Crippen LogP contribution < -0.4 is 0 Å². The Balaban J connectivity index is 1.18. The third kappa shape index (κ3) is 7.02. The molecule has 0 saturated carbocycles. The Labute approximate surface area is 234 Å². The third-order valence-electron chi connectivity index (χ3n) is 8.01. The highest BCUT2D eigenvalue weighted by molar-refractivity contribution is 5.92. The maximum Gasteiger partial charge on any atom is 0.246 e. The molecule has 0 N–H and O–H groups in total. The largest absolute Gasteiger partial charge is 0.339 e. The Morgan fingerprint density at radius 3 is 1.98 bits per heavy atom. The van der Waals surface area contributed by atoms with Crippen LogP contribution in [0.5, 0.6) is 0 Å². The zero-order valence-corrected chi connectivity index (χ0v) is 22.6. The van der Waals surface area contributed by atoms with Crippen LogP contribution in [0.15, 0.2) is 84.9 Å². The Bertz CT molecular complexity index is 1300. The number of carbonyl (C=O) groups is 2. The van der Waals surface area contributed by atoms with E-state index in [1.54, 1.807) is 4.90 Å². The number of rotatable bonds is 7. The second kappa shape index (κ2) is 13.0. The maximum absolute atomic E-state index is 13.8. The lowest BCUT2D eigenvalue weighted by Crippen LogP contribution is -2.52. The average Bonchev–Trinajstić information content (AvgIpc) is 2.99. The topological polar surface area (TPSA) is 43.9 Å². The summed E-state index contributed by atoms with van der Waals surface area (Å²) < 4.78 is 26.9. The number of halogens is 2. The van der Waals surface area contributed by atoms with Crippen molar-refractivity contribution in [3.8, 4) is 0 Å². The molecule has 2 aliphatic rings. The predicted molar refractivity (Wildman–Crippen MR) is 153 cm³/mol. The average molecular weight is 544 g/mol. The lowest BCUT2D eigenvalue weighted by Gasteiger charge is -2.38. The smallest absolute Gasteiger partial charge is 0.246 e. The first-order valence-electron chi connectivity index (χ1n) is 14.0. The van der Waals surface area contributed by atoms with Crippen molar-refractivity contribution in [2.24, 2.45) is 0 Å². The fourth-order valence-corrected chi connectivity index (χ4v) is 5.76. The SMILES string of the molecule is O=C(/C=C/c1cc(F)cc(F)c1)N1CCN(C(=O)C(CN2CCC(c3ccccc3)CC2)c2ccccc2)CC1. The lowest BCUT2D eigenvalue weighted by atomic mass is 9.88. The predicted octanol–water partition coefficient (Wildman–Crippen LogP) is 5.31. The summed E-state index contributed by atoms with van der Waals surface area (Å²) in [5.41, 5.74) is 2.70. The molecule has 5 rings (SSSR count). The molecule has 5 nitrogen and oxygen atoms in total. The molecule has 2 amide bonds. The molecule has 0 aromatic heterocycles. The van der Waals surface area contributed by atoms with Crippen LogP contribution in [0.1, 0.15) is 41.4 Å². The molecule has 0 spiro atoms. The van der Waals surface area contributed by atoms with Gasteiger partial charge in [0, 0.05) is 44.9 Å². The quantitative estimate of drug-likeness (QED) is 0.380.